The highest BCUT2D eigenvalue weighted by Crippen LogP contribution is 2.18. The molecule has 2 N–H and O–H groups in total. The van der Waals surface area contributed by atoms with Crippen LogP contribution in [0, 0.1) is 11.7 Å². The van der Waals surface area contributed by atoms with Gasteiger partial charge in [-0.1, -0.05) is 31.2 Å². The maximum atomic E-state index is 13.2. The molecule has 0 aliphatic heterocycles. The molecule has 0 aliphatic carbocycles. The van der Waals surface area contributed by atoms with Crippen LogP contribution < -0.4 is 10.6 Å². The van der Waals surface area contributed by atoms with Crippen LogP contribution in [0.25, 0.3) is 11.3 Å². The van der Waals surface area contributed by atoms with Crippen molar-refractivity contribution in [3.63, 3.8) is 0 Å². The van der Waals surface area contributed by atoms with E-state index in [2.05, 4.69) is 15.7 Å². The molecule has 3 rings (SSSR count). The van der Waals surface area contributed by atoms with Crippen molar-refractivity contribution < 1.29 is 18.8 Å². The molecule has 1 unspecified atom stereocenters. The number of carbonyl (C=O) groups excluding carboxylic acids is 3. The van der Waals surface area contributed by atoms with E-state index in [9.17, 15) is 18.8 Å². The highest BCUT2D eigenvalue weighted by Gasteiger charge is 2.29. The molecular formula is C27H31FN4O3. The van der Waals surface area contributed by atoms with Gasteiger partial charge >= 0.3 is 0 Å². The van der Waals surface area contributed by atoms with Gasteiger partial charge in [0.1, 0.15) is 18.1 Å². The van der Waals surface area contributed by atoms with Crippen molar-refractivity contribution in [2.24, 2.45) is 13.0 Å². The number of benzene rings is 2. The highest BCUT2D eigenvalue weighted by molar-refractivity contribution is 5.98. The normalized spacial score (nSPS) is 13.1. The summed E-state index contributed by atoms with van der Waals surface area (Å²) in [4.78, 5) is 37.3. The summed E-state index contributed by atoms with van der Waals surface area (Å²) >= 11 is 0. The van der Waals surface area contributed by atoms with Crippen LogP contribution in [0.1, 0.15) is 43.1 Å². The van der Waals surface area contributed by atoms with Gasteiger partial charge in [0.2, 0.25) is 5.91 Å². The Morgan fingerprint density at radius 1 is 1.09 bits per heavy atom. The molecule has 1 heterocycles. The van der Waals surface area contributed by atoms with Crippen molar-refractivity contribution in [2.75, 3.05) is 0 Å². The van der Waals surface area contributed by atoms with E-state index in [1.54, 1.807) is 48.0 Å². The fourth-order valence-electron chi connectivity index (χ4n) is 3.84. The zero-order valence-electron chi connectivity index (χ0n) is 20.4. The van der Waals surface area contributed by atoms with E-state index in [1.165, 1.54) is 12.1 Å². The highest BCUT2D eigenvalue weighted by atomic mass is 19.1. The van der Waals surface area contributed by atoms with Crippen molar-refractivity contribution >= 4 is 18.1 Å². The maximum Gasteiger partial charge on any atom is 0.251 e. The van der Waals surface area contributed by atoms with Crippen LogP contribution in [-0.4, -0.2) is 39.5 Å². The number of hydrogen-bond donors (Lipinski definition) is 2. The molecular weight excluding hydrogens is 447 g/mol. The second-order valence-electron chi connectivity index (χ2n) is 9.50. The first-order valence-electron chi connectivity index (χ1n) is 11.5. The van der Waals surface area contributed by atoms with E-state index < -0.39 is 23.4 Å². The summed E-state index contributed by atoms with van der Waals surface area (Å²) < 4.78 is 14.9. The van der Waals surface area contributed by atoms with Gasteiger partial charge in [0.15, 0.2) is 0 Å². The minimum atomic E-state index is -0.898. The molecule has 2 atom stereocenters. The standard InChI is InChI=1S/C27H31FN4O3/c1-18(17-33)15-24(26(35)30-27(2,3)16-19-5-11-22(28)12-6-19)29-25(34)21-9-7-20(8-10-21)23-13-14-32(4)31-23/h5-14,17-18,24H,15-16H2,1-4H3,(H,29,34)(H,30,35)/t18?,24-/m0/s1. The van der Waals surface area contributed by atoms with E-state index in [-0.39, 0.29) is 18.1 Å². The zero-order valence-corrected chi connectivity index (χ0v) is 20.4. The Hall–Kier alpha value is -3.81. The van der Waals surface area contributed by atoms with Gasteiger partial charge in [-0.05, 0) is 62.6 Å². The van der Waals surface area contributed by atoms with Crippen LogP contribution in [0.15, 0.2) is 60.8 Å². The number of aromatic nitrogens is 2. The number of carbonyl (C=O) groups is 3. The Balaban J connectivity index is 1.70. The number of halogens is 1. The van der Waals surface area contributed by atoms with Gasteiger partial charge in [0.25, 0.3) is 5.91 Å². The van der Waals surface area contributed by atoms with Crippen molar-refractivity contribution in [2.45, 2.75) is 45.2 Å². The molecule has 0 aliphatic rings. The lowest BCUT2D eigenvalue weighted by Crippen LogP contribution is -2.54. The van der Waals surface area contributed by atoms with Gasteiger partial charge in [-0.15, -0.1) is 0 Å². The van der Waals surface area contributed by atoms with E-state index in [0.717, 1.165) is 23.1 Å². The molecule has 0 radical (unpaired) electrons. The minimum absolute atomic E-state index is 0.166. The zero-order chi connectivity index (χ0) is 25.6. The van der Waals surface area contributed by atoms with Gasteiger partial charge in [-0.2, -0.15) is 5.10 Å². The quantitative estimate of drug-likeness (QED) is 0.435. The number of aldehydes is 1. The number of aryl methyl sites for hydroxylation is 1. The molecule has 8 heteroatoms. The van der Waals surface area contributed by atoms with Crippen LogP contribution in [0.4, 0.5) is 4.39 Å². The average molecular weight is 479 g/mol. The number of hydrogen-bond acceptors (Lipinski definition) is 4. The predicted molar refractivity (Wildman–Crippen MR) is 132 cm³/mol. The Labute approximate surface area is 204 Å². The molecule has 0 spiro atoms. The molecule has 0 saturated carbocycles. The topological polar surface area (TPSA) is 93.1 Å². The summed E-state index contributed by atoms with van der Waals surface area (Å²) in [6.07, 6.45) is 3.24. The number of nitrogens with one attached hydrogen (secondary N) is 2. The molecule has 35 heavy (non-hydrogen) atoms. The number of rotatable bonds is 10. The monoisotopic (exact) mass is 478 g/mol. The largest absolute Gasteiger partial charge is 0.349 e. The van der Waals surface area contributed by atoms with Crippen LogP contribution in [-0.2, 0) is 23.1 Å². The number of nitrogens with zero attached hydrogens (tertiary/aromatic N) is 2. The molecule has 1 aromatic heterocycles. The van der Waals surface area contributed by atoms with Crippen molar-refractivity contribution in [3.05, 3.63) is 77.7 Å². The lowest BCUT2D eigenvalue weighted by atomic mass is 9.93. The van der Waals surface area contributed by atoms with Gasteiger partial charge in [0.05, 0.1) is 5.69 Å². The average Bonchev–Trinajstić information content (AvgIpc) is 3.25. The molecule has 0 fully saturated rings. The Morgan fingerprint density at radius 2 is 1.74 bits per heavy atom. The summed E-state index contributed by atoms with van der Waals surface area (Å²) in [5.41, 5.74) is 2.26. The summed E-state index contributed by atoms with van der Waals surface area (Å²) in [5.74, 6) is -1.54. The molecule has 0 bridgehead atoms. The first kappa shape index (κ1) is 25.8. The van der Waals surface area contributed by atoms with E-state index in [0.29, 0.717) is 12.0 Å². The first-order valence-corrected chi connectivity index (χ1v) is 11.5. The van der Waals surface area contributed by atoms with Crippen LogP contribution in [0.5, 0.6) is 0 Å². The smallest absolute Gasteiger partial charge is 0.251 e. The Bertz CT molecular complexity index is 1170. The fourth-order valence-corrected chi connectivity index (χ4v) is 3.84. The molecule has 2 aromatic carbocycles. The van der Waals surface area contributed by atoms with Crippen molar-refractivity contribution in [3.8, 4) is 11.3 Å². The third kappa shape index (κ3) is 7.34. The summed E-state index contributed by atoms with van der Waals surface area (Å²) in [7, 11) is 1.83. The molecule has 184 valence electrons. The minimum Gasteiger partial charge on any atom is -0.349 e. The summed E-state index contributed by atoms with van der Waals surface area (Å²) in [6, 6.07) is 14.0. The molecule has 2 amide bonds. The van der Waals surface area contributed by atoms with Crippen LogP contribution in [0.3, 0.4) is 0 Å². The lowest BCUT2D eigenvalue weighted by molar-refractivity contribution is -0.125. The third-order valence-electron chi connectivity index (χ3n) is 5.64. The second-order valence-corrected chi connectivity index (χ2v) is 9.50. The van der Waals surface area contributed by atoms with Crippen molar-refractivity contribution in [1.29, 1.82) is 0 Å². The SMILES string of the molecule is CC(C=O)C[C@H](NC(=O)c1ccc(-c2ccn(C)n2)cc1)C(=O)NC(C)(C)Cc1ccc(F)cc1. The van der Waals surface area contributed by atoms with Crippen LogP contribution >= 0.6 is 0 Å². The van der Waals surface area contributed by atoms with Crippen LogP contribution in [0.2, 0.25) is 0 Å². The molecule has 3 aromatic rings. The van der Waals surface area contributed by atoms with E-state index >= 15 is 0 Å². The summed E-state index contributed by atoms with van der Waals surface area (Å²) in [5, 5.41) is 10.1. The van der Waals surface area contributed by atoms with Gasteiger partial charge < -0.3 is 15.4 Å². The fraction of sp³-hybridized carbons (Fsp3) is 0.333. The lowest BCUT2D eigenvalue weighted by Gasteiger charge is -2.30. The molecule has 7 nitrogen and oxygen atoms in total. The second kappa shape index (κ2) is 11.1. The Morgan fingerprint density at radius 3 is 2.31 bits per heavy atom. The van der Waals surface area contributed by atoms with Gasteiger partial charge in [-0.3, -0.25) is 14.3 Å². The third-order valence-corrected chi connectivity index (χ3v) is 5.64. The number of amides is 2. The van der Waals surface area contributed by atoms with Gasteiger partial charge in [-0.25, -0.2) is 4.39 Å². The van der Waals surface area contributed by atoms with E-state index in [1.807, 2.05) is 33.2 Å². The predicted octanol–water partition coefficient (Wildman–Crippen LogP) is 3.69. The van der Waals surface area contributed by atoms with Gasteiger partial charge in [0, 0.05) is 35.8 Å². The van der Waals surface area contributed by atoms with E-state index in [4.69, 9.17) is 0 Å². The Kier molecular flexibility index (Phi) is 8.17. The first-order chi connectivity index (χ1) is 16.6. The van der Waals surface area contributed by atoms with Crippen molar-refractivity contribution in [1.82, 2.24) is 20.4 Å². The molecule has 0 saturated heterocycles. The maximum absolute atomic E-state index is 13.2. The summed E-state index contributed by atoms with van der Waals surface area (Å²) in [6.45, 7) is 5.41.